The van der Waals surface area contributed by atoms with Crippen molar-refractivity contribution in [1.82, 2.24) is 25.2 Å². The van der Waals surface area contributed by atoms with Crippen molar-refractivity contribution in [2.75, 3.05) is 12.4 Å². The van der Waals surface area contributed by atoms with Crippen LogP contribution in [-0.4, -0.2) is 50.7 Å². The van der Waals surface area contributed by atoms with E-state index in [0.29, 0.717) is 23.4 Å². The van der Waals surface area contributed by atoms with Gasteiger partial charge in [-0.25, -0.2) is 4.68 Å². The minimum Gasteiger partial charge on any atom is -0.487 e. The topological polar surface area (TPSA) is 118 Å². The molecule has 3 amide bonds. The quantitative estimate of drug-likeness (QED) is 0.553. The first-order valence-corrected chi connectivity index (χ1v) is 10.6. The molecule has 33 heavy (non-hydrogen) atoms. The number of hydrogen-bond donors (Lipinski definition) is 2. The zero-order valence-corrected chi connectivity index (χ0v) is 17.9. The fourth-order valence-corrected chi connectivity index (χ4v) is 4.14. The molecule has 0 spiro atoms. The van der Waals surface area contributed by atoms with E-state index >= 15 is 0 Å². The summed E-state index contributed by atoms with van der Waals surface area (Å²) in [6.07, 6.45) is 2.30. The molecule has 3 heterocycles. The van der Waals surface area contributed by atoms with Crippen LogP contribution in [0.25, 0.3) is 5.69 Å². The van der Waals surface area contributed by atoms with Crippen molar-refractivity contribution in [1.29, 1.82) is 0 Å². The molecule has 0 radical (unpaired) electrons. The Labute approximate surface area is 189 Å². The van der Waals surface area contributed by atoms with Crippen molar-refractivity contribution in [2.45, 2.75) is 32.0 Å². The summed E-state index contributed by atoms with van der Waals surface area (Å²) in [5.74, 6) is -0.252. The van der Waals surface area contributed by atoms with Gasteiger partial charge in [-0.2, -0.15) is 0 Å². The lowest BCUT2D eigenvalue weighted by Gasteiger charge is -2.29. The maximum absolute atomic E-state index is 13.0. The van der Waals surface area contributed by atoms with Crippen LogP contribution in [0.4, 0.5) is 5.69 Å². The van der Waals surface area contributed by atoms with Crippen LogP contribution in [0.3, 0.4) is 0 Å². The molecule has 0 aliphatic carbocycles. The molecule has 1 aromatic heterocycles. The first-order chi connectivity index (χ1) is 16.0. The number of hydrogen-bond acceptors (Lipinski definition) is 7. The van der Waals surface area contributed by atoms with Crippen LogP contribution < -0.4 is 15.4 Å². The predicted octanol–water partition coefficient (Wildman–Crippen LogP) is 1.65. The van der Waals surface area contributed by atoms with Crippen molar-refractivity contribution in [3.8, 4) is 11.4 Å². The van der Waals surface area contributed by atoms with Crippen molar-refractivity contribution in [3.05, 3.63) is 65.5 Å². The third-order valence-electron chi connectivity index (χ3n) is 5.87. The normalized spacial score (nSPS) is 17.7. The van der Waals surface area contributed by atoms with E-state index in [1.807, 2.05) is 37.4 Å². The van der Waals surface area contributed by atoms with Crippen LogP contribution in [0, 0.1) is 0 Å². The Hall–Kier alpha value is -4.21. The molecule has 1 atom stereocenters. The second-order valence-corrected chi connectivity index (χ2v) is 7.92. The molecule has 1 fully saturated rings. The molecule has 10 heteroatoms. The molecule has 10 nitrogen and oxygen atoms in total. The first kappa shape index (κ1) is 20.7. The number of ether oxygens (including phenoxy) is 1. The number of fused-ring (bicyclic) bond motifs is 1. The van der Waals surface area contributed by atoms with Crippen LogP contribution in [0.2, 0.25) is 0 Å². The standard InChI is InChI=1S/C23H22N6O4/c1-24-14-5-7-16(8-6-14)33-13-15-11-29(27-26-15)19-4-2-3-17-18(19)12-28(23(17)32)20-9-10-21(30)25-22(20)31/h2-8,11,20,24H,9-10,12-13H2,1H3,(H,25,30,31). The van der Waals surface area contributed by atoms with Gasteiger partial charge in [-0.05, 0) is 42.8 Å². The predicted molar refractivity (Wildman–Crippen MR) is 118 cm³/mol. The SMILES string of the molecule is CNc1ccc(OCc2cn(-c3cccc4c3CN(C3CCC(=O)NC3=O)C4=O)nn2)cc1. The van der Waals surface area contributed by atoms with Gasteiger partial charge in [0.2, 0.25) is 11.8 Å². The van der Waals surface area contributed by atoms with Crippen molar-refractivity contribution in [2.24, 2.45) is 0 Å². The van der Waals surface area contributed by atoms with Crippen LogP contribution in [0.1, 0.15) is 34.5 Å². The second-order valence-electron chi connectivity index (χ2n) is 7.92. The van der Waals surface area contributed by atoms with Gasteiger partial charge in [-0.3, -0.25) is 19.7 Å². The van der Waals surface area contributed by atoms with E-state index in [1.165, 1.54) is 4.90 Å². The summed E-state index contributed by atoms with van der Waals surface area (Å²) in [6, 6.07) is 12.3. The Kier molecular flexibility index (Phi) is 5.25. The molecule has 1 saturated heterocycles. The highest BCUT2D eigenvalue weighted by Gasteiger charge is 2.40. The number of amides is 3. The van der Waals surface area contributed by atoms with E-state index in [2.05, 4.69) is 20.9 Å². The molecule has 2 aliphatic heterocycles. The van der Waals surface area contributed by atoms with Gasteiger partial charge in [0.25, 0.3) is 5.91 Å². The summed E-state index contributed by atoms with van der Waals surface area (Å²) in [7, 11) is 1.85. The Morgan fingerprint density at radius 2 is 1.97 bits per heavy atom. The van der Waals surface area contributed by atoms with E-state index in [9.17, 15) is 14.4 Å². The van der Waals surface area contributed by atoms with Crippen LogP contribution in [0.5, 0.6) is 5.75 Å². The number of nitrogens with one attached hydrogen (secondary N) is 2. The zero-order chi connectivity index (χ0) is 22.9. The van der Waals surface area contributed by atoms with Gasteiger partial charge < -0.3 is 15.0 Å². The van der Waals surface area contributed by atoms with Gasteiger partial charge in [0.05, 0.1) is 11.9 Å². The number of aromatic nitrogens is 3. The lowest BCUT2D eigenvalue weighted by Crippen LogP contribution is -2.52. The largest absolute Gasteiger partial charge is 0.487 e. The number of anilines is 1. The monoisotopic (exact) mass is 446 g/mol. The molecule has 0 saturated carbocycles. The van der Waals surface area contributed by atoms with Gasteiger partial charge in [-0.1, -0.05) is 11.3 Å². The fourth-order valence-electron chi connectivity index (χ4n) is 4.14. The third kappa shape index (κ3) is 3.91. The molecular formula is C23H22N6O4. The molecule has 2 N–H and O–H groups in total. The summed E-state index contributed by atoms with van der Waals surface area (Å²) in [6.45, 7) is 0.509. The summed E-state index contributed by atoms with van der Waals surface area (Å²) >= 11 is 0. The highest BCUT2D eigenvalue weighted by molar-refractivity contribution is 6.05. The maximum atomic E-state index is 13.0. The Bertz CT molecular complexity index is 1240. The number of benzene rings is 2. The van der Waals surface area contributed by atoms with E-state index in [0.717, 1.165) is 17.0 Å². The molecule has 3 aromatic rings. The molecule has 5 rings (SSSR count). The number of rotatable bonds is 6. The minimum atomic E-state index is -0.663. The Balaban J connectivity index is 1.33. The van der Waals surface area contributed by atoms with Crippen molar-refractivity contribution < 1.29 is 19.1 Å². The van der Waals surface area contributed by atoms with Gasteiger partial charge in [0.15, 0.2) is 0 Å². The molecule has 168 valence electrons. The van der Waals surface area contributed by atoms with Crippen molar-refractivity contribution >= 4 is 23.4 Å². The molecule has 0 bridgehead atoms. The van der Waals surface area contributed by atoms with E-state index in [1.54, 1.807) is 23.0 Å². The molecule has 1 unspecified atom stereocenters. The van der Waals surface area contributed by atoms with E-state index < -0.39 is 11.9 Å². The highest BCUT2D eigenvalue weighted by Crippen LogP contribution is 2.31. The fraction of sp³-hybridized carbons (Fsp3) is 0.261. The van der Waals surface area contributed by atoms with Gasteiger partial charge in [-0.15, -0.1) is 5.10 Å². The molecular weight excluding hydrogens is 424 g/mol. The van der Waals surface area contributed by atoms with Crippen LogP contribution in [0.15, 0.2) is 48.7 Å². The van der Waals surface area contributed by atoms with Crippen LogP contribution in [-0.2, 0) is 22.7 Å². The van der Waals surface area contributed by atoms with E-state index in [-0.39, 0.29) is 31.4 Å². The number of piperidine rings is 1. The first-order valence-electron chi connectivity index (χ1n) is 10.6. The Morgan fingerprint density at radius 3 is 2.73 bits per heavy atom. The number of nitrogens with zero attached hydrogens (tertiary/aromatic N) is 4. The van der Waals surface area contributed by atoms with Crippen molar-refractivity contribution in [3.63, 3.8) is 0 Å². The Morgan fingerprint density at radius 1 is 1.15 bits per heavy atom. The summed E-state index contributed by atoms with van der Waals surface area (Å²) in [4.78, 5) is 38.3. The van der Waals surface area contributed by atoms with Gasteiger partial charge in [0.1, 0.15) is 24.1 Å². The van der Waals surface area contributed by atoms with Gasteiger partial charge in [0, 0.05) is 36.8 Å². The molecule has 2 aliphatic rings. The second kappa shape index (κ2) is 8.38. The minimum absolute atomic E-state index is 0.216. The summed E-state index contributed by atoms with van der Waals surface area (Å²) in [5.41, 5.74) is 3.64. The average Bonchev–Trinajstić information content (AvgIpc) is 3.43. The zero-order valence-electron chi connectivity index (χ0n) is 17.9. The number of carbonyl (C=O) groups is 3. The lowest BCUT2D eigenvalue weighted by molar-refractivity contribution is -0.136. The maximum Gasteiger partial charge on any atom is 0.255 e. The molecule has 2 aromatic carbocycles. The van der Waals surface area contributed by atoms with Crippen LogP contribution >= 0.6 is 0 Å². The lowest BCUT2D eigenvalue weighted by atomic mass is 10.0. The number of carbonyl (C=O) groups excluding carboxylic acids is 3. The smallest absolute Gasteiger partial charge is 0.255 e. The average molecular weight is 446 g/mol. The number of imide groups is 1. The summed E-state index contributed by atoms with van der Waals surface area (Å²) in [5, 5.41) is 13.8. The van der Waals surface area contributed by atoms with Gasteiger partial charge >= 0.3 is 0 Å². The van der Waals surface area contributed by atoms with E-state index in [4.69, 9.17) is 4.74 Å². The third-order valence-corrected chi connectivity index (χ3v) is 5.87. The highest BCUT2D eigenvalue weighted by atomic mass is 16.5. The summed E-state index contributed by atoms with van der Waals surface area (Å²) < 4.78 is 7.40.